The van der Waals surface area contributed by atoms with Crippen LogP contribution in [0, 0.1) is 5.92 Å². The quantitative estimate of drug-likeness (QED) is 0.153. The van der Waals surface area contributed by atoms with E-state index in [1.165, 1.54) is 0 Å². The third-order valence-corrected chi connectivity index (χ3v) is 6.25. The number of nitrogens with zero attached hydrogens (tertiary/aromatic N) is 4. The van der Waals surface area contributed by atoms with E-state index in [9.17, 15) is 39.3 Å². The molecule has 6 N–H and O–H groups in total. The fourth-order valence-electron chi connectivity index (χ4n) is 3.99. The van der Waals surface area contributed by atoms with Gasteiger partial charge in [-0.2, -0.15) is 0 Å². The van der Waals surface area contributed by atoms with Crippen LogP contribution >= 0.6 is 0 Å². The molecule has 0 radical (unpaired) electrons. The molecule has 1 aliphatic heterocycles. The van der Waals surface area contributed by atoms with Crippen molar-refractivity contribution in [2.45, 2.75) is 26.2 Å². The van der Waals surface area contributed by atoms with Crippen molar-refractivity contribution >= 4 is 29.7 Å². The first-order valence-electron chi connectivity index (χ1n) is 12.6. The second-order valence-corrected chi connectivity index (χ2v) is 9.43. The maximum absolute atomic E-state index is 12.6. The minimum atomic E-state index is -1.01. The SMILES string of the molecule is C[C@@H](CCCCNC(=O)CN1CCN(CC(=O)O)CCN(CC(=O)O)CCN(CC(=O)O)CC1)C(N)=O. The van der Waals surface area contributed by atoms with Crippen LogP contribution in [0.4, 0.5) is 0 Å². The van der Waals surface area contributed by atoms with E-state index in [0.717, 1.165) is 6.42 Å². The molecular weight excluding hydrogens is 488 g/mol. The molecule has 212 valence electrons. The van der Waals surface area contributed by atoms with Crippen molar-refractivity contribution in [3.8, 4) is 0 Å². The van der Waals surface area contributed by atoms with Crippen molar-refractivity contribution in [3.63, 3.8) is 0 Å². The Bertz CT molecular complexity index is 736. The molecule has 0 spiro atoms. The summed E-state index contributed by atoms with van der Waals surface area (Å²) in [7, 11) is 0. The highest BCUT2D eigenvalue weighted by atomic mass is 16.4. The molecule has 14 nitrogen and oxygen atoms in total. The fraction of sp³-hybridized carbons (Fsp3) is 0.783. The van der Waals surface area contributed by atoms with Crippen molar-refractivity contribution < 1.29 is 39.3 Å². The van der Waals surface area contributed by atoms with E-state index in [4.69, 9.17) is 5.73 Å². The second-order valence-electron chi connectivity index (χ2n) is 9.43. The standard InChI is InChI=1S/C23H42N6O8/c1-18(23(24)37)4-2-3-5-25-19(30)14-26-6-8-27(15-20(31)32)10-12-29(17-22(35)36)13-11-28(9-7-26)16-21(33)34/h18H,2-17H2,1H3,(H2,24,37)(H,25,30)(H,31,32)(H,33,34)(H,35,36)/t18-/m0/s1. The Morgan fingerprint density at radius 1 is 0.676 bits per heavy atom. The van der Waals surface area contributed by atoms with Gasteiger partial charge in [0.2, 0.25) is 11.8 Å². The lowest BCUT2D eigenvalue weighted by Crippen LogP contribution is -2.49. The van der Waals surface area contributed by atoms with Crippen molar-refractivity contribution in [2.75, 3.05) is 85.1 Å². The molecule has 1 heterocycles. The van der Waals surface area contributed by atoms with Gasteiger partial charge in [0.1, 0.15) is 0 Å². The Morgan fingerprint density at radius 2 is 1.03 bits per heavy atom. The lowest BCUT2D eigenvalue weighted by Gasteiger charge is -2.32. The number of nitrogens with one attached hydrogen (secondary N) is 1. The topological polar surface area (TPSA) is 197 Å². The van der Waals surface area contributed by atoms with E-state index in [-0.39, 0.29) is 43.9 Å². The summed E-state index contributed by atoms with van der Waals surface area (Å²) >= 11 is 0. The lowest BCUT2D eigenvalue weighted by molar-refractivity contribution is -0.140. The smallest absolute Gasteiger partial charge is 0.317 e. The van der Waals surface area contributed by atoms with Gasteiger partial charge in [-0.25, -0.2) is 0 Å². The number of carbonyl (C=O) groups excluding carboxylic acids is 2. The van der Waals surface area contributed by atoms with Crippen LogP contribution in [0.15, 0.2) is 0 Å². The lowest BCUT2D eigenvalue weighted by atomic mass is 10.0. The second kappa shape index (κ2) is 17.6. The molecule has 0 aromatic heterocycles. The van der Waals surface area contributed by atoms with Crippen LogP contribution in [0.3, 0.4) is 0 Å². The number of carboxylic acid groups (broad SMARTS) is 3. The number of nitrogens with two attached hydrogens (primary N) is 1. The summed E-state index contributed by atoms with van der Waals surface area (Å²) < 4.78 is 0. The van der Waals surface area contributed by atoms with Gasteiger partial charge in [0, 0.05) is 64.8 Å². The Balaban J connectivity index is 2.77. The van der Waals surface area contributed by atoms with Crippen molar-refractivity contribution in [1.82, 2.24) is 24.9 Å². The van der Waals surface area contributed by atoms with E-state index in [1.807, 2.05) is 4.90 Å². The summed E-state index contributed by atoms with van der Waals surface area (Å²) in [6.45, 7) is 4.39. The highest BCUT2D eigenvalue weighted by Crippen LogP contribution is 2.06. The van der Waals surface area contributed by atoms with E-state index >= 15 is 0 Å². The van der Waals surface area contributed by atoms with E-state index < -0.39 is 17.9 Å². The normalized spacial score (nSPS) is 18.3. The number of hydrogen-bond acceptors (Lipinski definition) is 9. The number of unbranched alkanes of at least 4 members (excludes halogenated alkanes) is 1. The van der Waals surface area contributed by atoms with Gasteiger partial charge in [0.05, 0.1) is 26.2 Å². The number of rotatable bonds is 14. The van der Waals surface area contributed by atoms with Gasteiger partial charge in [-0.1, -0.05) is 13.3 Å². The summed E-state index contributed by atoms with van der Waals surface area (Å²) in [4.78, 5) is 64.5. The predicted molar refractivity (Wildman–Crippen MR) is 134 cm³/mol. The summed E-state index contributed by atoms with van der Waals surface area (Å²) in [6, 6.07) is 0. The Hall–Kier alpha value is -2.81. The average Bonchev–Trinajstić information content (AvgIpc) is 2.79. The van der Waals surface area contributed by atoms with Gasteiger partial charge in [-0.3, -0.25) is 43.6 Å². The third-order valence-electron chi connectivity index (χ3n) is 6.25. The largest absolute Gasteiger partial charge is 0.480 e. The molecule has 1 rings (SSSR count). The van der Waals surface area contributed by atoms with Gasteiger partial charge in [0.25, 0.3) is 0 Å². The van der Waals surface area contributed by atoms with E-state index in [1.54, 1.807) is 21.6 Å². The van der Waals surface area contributed by atoms with Crippen molar-refractivity contribution in [1.29, 1.82) is 0 Å². The van der Waals surface area contributed by atoms with Crippen molar-refractivity contribution in [2.24, 2.45) is 11.7 Å². The van der Waals surface area contributed by atoms with Crippen LogP contribution in [0.5, 0.6) is 0 Å². The fourth-order valence-corrected chi connectivity index (χ4v) is 3.99. The number of carbonyl (C=O) groups is 5. The van der Waals surface area contributed by atoms with Crippen LogP contribution in [-0.2, 0) is 24.0 Å². The van der Waals surface area contributed by atoms with Crippen LogP contribution in [0.2, 0.25) is 0 Å². The molecule has 14 heteroatoms. The molecule has 2 amide bonds. The molecular formula is C23H42N6O8. The first-order chi connectivity index (χ1) is 17.5. The van der Waals surface area contributed by atoms with E-state index in [0.29, 0.717) is 71.7 Å². The van der Waals surface area contributed by atoms with Gasteiger partial charge < -0.3 is 26.4 Å². The van der Waals surface area contributed by atoms with Gasteiger partial charge in [0.15, 0.2) is 0 Å². The zero-order valence-corrected chi connectivity index (χ0v) is 21.6. The number of carboxylic acids is 3. The summed E-state index contributed by atoms with van der Waals surface area (Å²) in [6.07, 6.45) is 2.11. The zero-order valence-electron chi connectivity index (χ0n) is 21.6. The van der Waals surface area contributed by atoms with Crippen molar-refractivity contribution in [3.05, 3.63) is 0 Å². The van der Waals surface area contributed by atoms with Crippen LogP contribution < -0.4 is 11.1 Å². The first kappa shape index (κ1) is 32.2. The third kappa shape index (κ3) is 15.8. The highest BCUT2D eigenvalue weighted by Gasteiger charge is 2.21. The average molecular weight is 531 g/mol. The Kier molecular flexibility index (Phi) is 15.3. The monoisotopic (exact) mass is 530 g/mol. The first-order valence-corrected chi connectivity index (χ1v) is 12.6. The van der Waals surface area contributed by atoms with Crippen LogP contribution in [-0.4, -0.2) is 150 Å². The Morgan fingerprint density at radius 3 is 1.35 bits per heavy atom. The number of primary amides is 1. The van der Waals surface area contributed by atoms with Crippen LogP contribution in [0.25, 0.3) is 0 Å². The molecule has 0 aromatic carbocycles. The minimum absolute atomic E-state index is 0.0741. The molecule has 1 saturated heterocycles. The van der Waals surface area contributed by atoms with Gasteiger partial charge >= 0.3 is 17.9 Å². The molecule has 37 heavy (non-hydrogen) atoms. The highest BCUT2D eigenvalue weighted by molar-refractivity contribution is 5.78. The number of amides is 2. The molecule has 0 aliphatic carbocycles. The summed E-state index contributed by atoms with van der Waals surface area (Å²) in [5.41, 5.74) is 5.25. The molecule has 0 aromatic rings. The van der Waals surface area contributed by atoms with Crippen LogP contribution in [0.1, 0.15) is 26.2 Å². The number of hydrogen-bond donors (Lipinski definition) is 5. The molecule has 1 aliphatic rings. The van der Waals surface area contributed by atoms with Gasteiger partial charge in [-0.15, -0.1) is 0 Å². The summed E-state index contributed by atoms with van der Waals surface area (Å²) in [5, 5.41) is 30.6. The summed E-state index contributed by atoms with van der Waals surface area (Å²) in [5.74, 6) is -3.77. The van der Waals surface area contributed by atoms with E-state index in [2.05, 4.69) is 5.32 Å². The van der Waals surface area contributed by atoms with Gasteiger partial charge in [-0.05, 0) is 12.8 Å². The molecule has 1 fully saturated rings. The maximum atomic E-state index is 12.6. The zero-order chi connectivity index (χ0) is 27.8. The predicted octanol–water partition coefficient (Wildman–Crippen LogP) is -2.13. The molecule has 0 bridgehead atoms. The Labute approximate surface area is 217 Å². The number of aliphatic carboxylic acids is 3. The molecule has 1 atom stereocenters. The molecule has 0 saturated carbocycles. The maximum Gasteiger partial charge on any atom is 0.317 e. The minimum Gasteiger partial charge on any atom is -0.480 e. The molecule has 0 unspecified atom stereocenters.